The van der Waals surface area contributed by atoms with Crippen LogP contribution in [-0.4, -0.2) is 43.0 Å². The Hall–Kier alpha value is -2.38. The summed E-state index contributed by atoms with van der Waals surface area (Å²) >= 11 is 1.12. The Labute approximate surface area is 180 Å². The van der Waals surface area contributed by atoms with Gasteiger partial charge < -0.3 is 4.90 Å². The molecule has 0 radical (unpaired) electrons. The van der Waals surface area contributed by atoms with E-state index >= 15 is 0 Å². The molecule has 0 atom stereocenters. The van der Waals surface area contributed by atoms with Crippen LogP contribution < -0.4 is 4.90 Å². The lowest BCUT2D eigenvalue weighted by atomic mass is 9.86. The van der Waals surface area contributed by atoms with E-state index in [2.05, 4.69) is 25.8 Å². The van der Waals surface area contributed by atoms with Crippen LogP contribution in [0.2, 0.25) is 0 Å². The van der Waals surface area contributed by atoms with Crippen LogP contribution in [0, 0.1) is 11.6 Å². The summed E-state index contributed by atoms with van der Waals surface area (Å²) in [4.78, 5) is 21.2. The predicted octanol–water partition coefficient (Wildman–Crippen LogP) is 5.47. The summed E-state index contributed by atoms with van der Waals surface area (Å²) in [5.41, 5.74) is 1.75. The van der Waals surface area contributed by atoms with Crippen LogP contribution in [0.3, 0.4) is 0 Å². The minimum Gasteiger partial charge on any atom is -0.309 e. The summed E-state index contributed by atoms with van der Waals surface area (Å²) in [5, 5.41) is 0.373. The van der Waals surface area contributed by atoms with Gasteiger partial charge in [0.05, 0.1) is 4.70 Å². The third kappa shape index (κ3) is 5.02. The van der Waals surface area contributed by atoms with Gasteiger partial charge in [0.1, 0.15) is 11.3 Å². The molecule has 1 aromatic heterocycles. The molecule has 7 heteroatoms. The van der Waals surface area contributed by atoms with E-state index in [9.17, 15) is 13.6 Å². The Morgan fingerprint density at radius 1 is 1.07 bits per heavy atom. The maximum Gasteiger partial charge on any atom is 0.260 e. The van der Waals surface area contributed by atoms with E-state index < -0.39 is 11.6 Å². The zero-order valence-corrected chi connectivity index (χ0v) is 18.8. The fraction of sp³-hybridized carbons (Fsp3) is 0.391. The van der Waals surface area contributed by atoms with Gasteiger partial charge in [0, 0.05) is 18.2 Å². The lowest BCUT2D eigenvalue weighted by Gasteiger charge is -2.22. The molecule has 0 bridgehead atoms. The minimum absolute atomic E-state index is 0.0123. The first-order chi connectivity index (χ1) is 14.1. The molecule has 0 saturated heterocycles. The number of hydrogen-bond donors (Lipinski definition) is 0. The van der Waals surface area contributed by atoms with Gasteiger partial charge in [-0.05, 0) is 56.2 Å². The Morgan fingerprint density at radius 3 is 2.33 bits per heavy atom. The first kappa shape index (κ1) is 22.3. The molecule has 1 amide bonds. The second kappa shape index (κ2) is 8.78. The molecular formula is C23H27F2N3OS. The predicted molar refractivity (Wildman–Crippen MR) is 120 cm³/mol. The SMILES string of the molecule is CN(C)CCCN(C(=O)c1ccc(C(C)(C)C)cc1)c1nc2c(F)cc(F)cc2s1. The number of hydrogen-bond acceptors (Lipinski definition) is 4. The van der Waals surface area contributed by atoms with Crippen molar-refractivity contribution in [1.29, 1.82) is 0 Å². The van der Waals surface area contributed by atoms with Gasteiger partial charge in [-0.2, -0.15) is 0 Å². The zero-order valence-electron chi connectivity index (χ0n) is 18.0. The number of rotatable bonds is 6. The number of aromatic nitrogens is 1. The fourth-order valence-corrected chi connectivity index (χ4v) is 4.19. The van der Waals surface area contributed by atoms with Gasteiger partial charge in [-0.25, -0.2) is 13.8 Å². The summed E-state index contributed by atoms with van der Waals surface area (Å²) in [5.74, 6) is -1.57. The number of thiazole rings is 1. The van der Waals surface area contributed by atoms with Crippen LogP contribution in [0.5, 0.6) is 0 Å². The van der Waals surface area contributed by atoms with Crippen LogP contribution in [-0.2, 0) is 5.41 Å². The summed E-state index contributed by atoms with van der Waals surface area (Å²) < 4.78 is 28.2. The third-order valence-electron chi connectivity index (χ3n) is 4.86. The van der Waals surface area contributed by atoms with Crippen molar-refractivity contribution < 1.29 is 13.6 Å². The number of amides is 1. The number of benzene rings is 2. The lowest BCUT2D eigenvalue weighted by molar-refractivity contribution is 0.0986. The molecule has 4 nitrogen and oxygen atoms in total. The molecule has 3 rings (SSSR count). The van der Waals surface area contributed by atoms with Crippen molar-refractivity contribution in [2.24, 2.45) is 0 Å². The molecule has 0 fully saturated rings. The number of halogens is 2. The van der Waals surface area contributed by atoms with Crippen molar-refractivity contribution in [1.82, 2.24) is 9.88 Å². The Balaban J connectivity index is 1.96. The van der Waals surface area contributed by atoms with Gasteiger partial charge >= 0.3 is 0 Å². The molecular weight excluding hydrogens is 404 g/mol. The molecule has 0 N–H and O–H groups in total. The van der Waals surface area contributed by atoms with Gasteiger partial charge in [0.25, 0.3) is 5.91 Å². The van der Waals surface area contributed by atoms with E-state index in [0.717, 1.165) is 35.9 Å². The smallest absolute Gasteiger partial charge is 0.260 e. The van der Waals surface area contributed by atoms with E-state index in [1.807, 2.05) is 43.3 Å². The van der Waals surface area contributed by atoms with Gasteiger partial charge in [-0.15, -0.1) is 0 Å². The van der Waals surface area contributed by atoms with Crippen LogP contribution in [0.25, 0.3) is 10.2 Å². The molecule has 160 valence electrons. The topological polar surface area (TPSA) is 36.4 Å². The minimum atomic E-state index is -0.720. The van der Waals surface area contributed by atoms with Gasteiger partial charge in [0.2, 0.25) is 0 Å². The first-order valence-electron chi connectivity index (χ1n) is 9.89. The summed E-state index contributed by atoms with van der Waals surface area (Å²) in [6, 6.07) is 9.61. The summed E-state index contributed by atoms with van der Waals surface area (Å²) in [6.07, 6.45) is 0.728. The standard InChI is InChI=1S/C23H27F2N3OS/c1-23(2,3)16-9-7-15(8-10-16)21(29)28(12-6-11-27(4)5)22-26-20-18(25)13-17(24)14-19(20)30-22/h7-10,13-14H,6,11-12H2,1-5H3. The molecule has 30 heavy (non-hydrogen) atoms. The molecule has 3 aromatic rings. The van der Waals surface area contributed by atoms with E-state index in [0.29, 0.717) is 21.9 Å². The Morgan fingerprint density at radius 2 is 1.73 bits per heavy atom. The number of fused-ring (bicyclic) bond motifs is 1. The Kier molecular flexibility index (Phi) is 6.53. The monoisotopic (exact) mass is 431 g/mol. The van der Waals surface area contributed by atoms with E-state index in [1.165, 1.54) is 6.07 Å². The number of anilines is 1. The van der Waals surface area contributed by atoms with Crippen LogP contribution in [0.1, 0.15) is 43.1 Å². The molecule has 0 aliphatic carbocycles. The van der Waals surface area contributed by atoms with E-state index in [1.54, 1.807) is 4.90 Å². The fourth-order valence-electron chi connectivity index (χ4n) is 3.16. The first-order valence-corrected chi connectivity index (χ1v) is 10.7. The van der Waals surface area contributed by atoms with Gasteiger partial charge in [-0.3, -0.25) is 9.69 Å². The van der Waals surface area contributed by atoms with Crippen LogP contribution in [0.15, 0.2) is 36.4 Å². The van der Waals surface area contributed by atoms with Gasteiger partial charge in [-0.1, -0.05) is 44.2 Å². The molecule has 1 heterocycles. The highest BCUT2D eigenvalue weighted by atomic mass is 32.1. The van der Waals surface area contributed by atoms with Crippen molar-refractivity contribution in [3.8, 4) is 0 Å². The zero-order chi connectivity index (χ0) is 22.1. The second-order valence-corrected chi connectivity index (χ2v) is 9.68. The normalized spacial score (nSPS) is 12.0. The molecule has 0 saturated carbocycles. The number of carbonyl (C=O) groups is 1. The average molecular weight is 432 g/mol. The Bertz CT molecular complexity index is 1040. The van der Waals surface area contributed by atoms with Crippen molar-refractivity contribution >= 4 is 32.6 Å². The second-order valence-electron chi connectivity index (χ2n) is 8.67. The van der Waals surface area contributed by atoms with Crippen molar-refractivity contribution in [3.05, 3.63) is 59.2 Å². The van der Waals surface area contributed by atoms with E-state index in [-0.39, 0.29) is 16.8 Å². The van der Waals surface area contributed by atoms with Gasteiger partial charge in [0.15, 0.2) is 10.9 Å². The van der Waals surface area contributed by atoms with Crippen molar-refractivity contribution in [2.75, 3.05) is 32.1 Å². The summed E-state index contributed by atoms with van der Waals surface area (Å²) in [7, 11) is 3.93. The molecule has 0 aliphatic rings. The quantitative estimate of drug-likeness (QED) is 0.519. The largest absolute Gasteiger partial charge is 0.309 e. The highest BCUT2D eigenvalue weighted by Gasteiger charge is 2.23. The maximum atomic E-state index is 14.2. The highest BCUT2D eigenvalue weighted by Crippen LogP contribution is 2.32. The maximum absolute atomic E-state index is 14.2. The lowest BCUT2D eigenvalue weighted by Crippen LogP contribution is -2.33. The summed E-state index contributed by atoms with van der Waals surface area (Å²) in [6.45, 7) is 7.58. The van der Waals surface area contributed by atoms with Crippen molar-refractivity contribution in [2.45, 2.75) is 32.6 Å². The van der Waals surface area contributed by atoms with Crippen LogP contribution in [0.4, 0.5) is 13.9 Å². The molecule has 0 unspecified atom stereocenters. The molecule has 2 aromatic carbocycles. The number of carbonyl (C=O) groups excluding carboxylic acids is 1. The molecule has 0 spiro atoms. The average Bonchev–Trinajstić information content (AvgIpc) is 3.08. The molecule has 0 aliphatic heterocycles. The third-order valence-corrected chi connectivity index (χ3v) is 5.89. The number of nitrogens with zero attached hydrogens (tertiary/aromatic N) is 3. The van der Waals surface area contributed by atoms with Crippen LogP contribution >= 0.6 is 11.3 Å². The van der Waals surface area contributed by atoms with Crippen molar-refractivity contribution in [3.63, 3.8) is 0 Å². The highest BCUT2D eigenvalue weighted by molar-refractivity contribution is 7.22. The van der Waals surface area contributed by atoms with E-state index in [4.69, 9.17) is 0 Å².